The predicted octanol–water partition coefficient (Wildman–Crippen LogP) is 4.38. The molecule has 1 unspecified atom stereocenters. The molecular weight excluding hydrogens is 488 g/mol. The van der Waals surface area contributed by atoms with Crippen LogP contribution in [0.4, 0.5) is 0 Å². The number of hydrogen-bond acceptors (Lipinski definition) is 5. The molecule has 1 aromatic carbocycles. The Bertz CT molecular complexity index is 1250. The summed E-state index contributed by atoms with van der Waals surface area (Å²) < 4.78 is 7.12. The van der Waals surface area contributed by atoms with Crippen LogP contribution in [0.15, 0.2) is 23.1 Å². The number of likely N-dealkylation sites (tertiary alicyclic amines) is 1. The highest BCUT2D eigenvalue weighted by atomic mass is 35.5. The molecule has 0 N–H and O–H groups in total. The van der Waals surface area contributed by atoms with E-state index in [2.05, 4.69) is 22.1 Å². The van der Waals surface area contributed by atoms with E-state index in [1.54, 1.807) is 6.20 Å². The van der Waals surface area contributed by atoms with Gasteiger partial charge in [0.15, 0.2) is 6.23 Å². The highest BCUT2D eigenvalue weighted by Crippen LogP contribution is 2.53. The summed E-state index contributed by atoms with van der Waals surface area (Å²) in [4.78, 5) is 29.6. The van der Waals surface area contributed by atoms with E-state index in [0.29, 0.717) is 17.0 Å². The topological polar surface area (TPSA) is 67.7 Å². The van der Waals surface area contributed by atoms with Crippen LogP contribution in [-0.2, 0) is 24.1 Å². The molecule has 6 rings (SSSR count). The molecule has 1 atom stereocenters. The van der Waals surface area contributed by atoms with Crippen molar-refractivity contribution in [1.29, 1.82) is 0 Å². The van der Waals surface area contributed by atoms with Crippen molar-refractivity contribution in [3.63, 3.8) is 0 Å². The summed E-state index contributed by atoms with van der Waals surface area (Å²) >= 11 is 6.44. The van der Waals surface area contributed by atoms with E-state index in [-0.39, 0.29) is 17.7 Å². The molecular formula is C29H37ClN4O3. The average molecular weight is 525 g/mol. The maximum absolute atomic E-state index is 12.7. The lowest BCUT2D eigenvalue weighted by atomic mass is 9.56. The molecule has 1 spiro atoms. The molecule has 7 nitrogen and oxygen atoms in total. The summed E-state index contributed by atoms with van der Waals surface area (Å²) in [5.41, 5.74) is 5.78. The van der Waals surface area contributed by atoms with Gasteiger partial charge in [0.05, 0.1) is 6.20 Å². The number of carbonyl (C=O) groups is 1. The Morgan fingerprint density at radius 3 is 2.73 bits per heavy atom. The molecule has 2 aromatic rings. The van der Waals surface area contributed by atoms with Crippen LogP contribution in [0.3, 0.4) is 0 Å². The van der Waals surface area contributed by atoms with Crippen molar-refractivity contribution in [3.05, 3.63) is 61.5 Å². The van der Waals surface area contributed by atoms with Crippen LogP contribution in [0.5, 0.6) is 0 Å². The molecule has 3 aliphatic heterocycles. The third-order valence-electron chi connectivity index (χ3n) is 9.01. The van der Waals surface area contributed by atoms with Crippen molar-refractivity contribution in [2.45, 2.75) is 71.1 Å². The Morgan fingerprint density at radius 1 is 1.16 bits per heavy atom. The van der Waals surface area contributed by atoms with Crippen molar-refractivity contribution in [2.24, 2.45) is 11.3 Å². The van der Waals surface area contributed by atoms with E-state index in [9.17, 15) is 9.59 Å². The van der Waals surface area contributed by atoms with Gasteiger partial charge in [0.25, 0.3) is 11.5 Å². The number of nitrogens with zero attached hydrogens (tertiary/aromatic N) is 4. The number of ether oxygens (including phenoxy) is 1. The molecule has 3 fully saturated rings. The number of benzene rings is 1. The predicted molar refractivity (Wildman–Crippen MR) is 143 cm³/mol. The molecule has 37 heavy (non-hydrogen) atoms. The van der Waals surface area contributed by atoms with Crippen LogP contribution in [0.1, 0.15) is 77.4 Å². The van der Waals surface area contributed by atoms with Crippen molar-refractivity contribution < 1.29 is 9.53 Å². The van der Waals surface area contributed by atoms with Crippen LogP contribution in [0.2, 0.25) is 5.02 Å². The molecule has 1 aliphatic carbocycles. The minimum absolute atomic E-state index is 0.172. The van der Waals surface area contributed by atoms with Crippen molar-refractivity contribution in [2.75, 3.05) is 33.3 Å². The lowest BCUT2D eigenvalue weighted by Gasteiger charge is -2.59. The lowest BCUT2D eigenvalue weighted by molar-refractivity contribution is -0.0937. The molecule has 1 saturated carbocycles. The second-order valence-electron chi connectivity index (χ2n) is 11.9. The van der Waals surface area contributed by atoms with Gasteiger partial charge in [-0.2, -0.15) is 9.78 Å². The molecule has 198 valence electrons. The first kappa shape index (κ1) is 25.1. The molecule has 1 aromatic heterocycles. The first-order valence-electron chi connectivity index (χ1n) is 13.8. The zero-order chi connectivity index (χ0) is 25.7. The van der Waals surface area contributed by atoms with E-state index in [4.69, 9.17) is 16.3 Å². The van der Waals surface area contributed by atoms with Gasteiger partial charge in [-0.05, 0) is 98.4 Å². The number of halogens is 1. The van der Waals surface area contributed by atoms with Crippen molar-refractivity contribution in [3.8, 4) is 0 Å². The molecule has 4 aliphatic rings. The van der Waals surface area contributed by atoms with Gasteiger partial charge in [-0.1, -0.05) is 23.7 Å². The summed E-state index contributed by atoms with van der Waals surface area (Å²) in [6, 6.07) is 4.37. The fourth-order valence-corrected chi connectivity index (χ4v) is 7.41. The molecule has 0 radical (unpaired) electrons. The maximum Gasteiger partial charge on any atom is 0.288 e. The highest BCUT2D eigenvalue weighted by Gasteiger charge is 2.51. The SMILES string of the molecule is Cc1ccc(CC2CC3(C2)CN(CCCc2cnn(C4CCCCO4)c(=O)c2Cl)C3)c2c1C(=O)N(C)C2. The lowest BCUT2D eigenvalue weighted by Crippen LogP contribution is -2.62. The number of aromatic nitrogens is 2. The quantitative estimate of drug-likeness (QED) is 0.538. The Morgan fingerprint density at radius 2 is 1.97 bits per heavy atom. The summed E-state index contributed by atoms with van der Waals surface area (Å²) in [7, 11) is 1.90. The second-order valence-corrected chi connectivity index (χ2v) is 12.3. The molecule has 1 amide bonds. The van der Waals surface area contributed by atoms with Crippen LogP contribution >= 0.6 is 11.6 Å². The zero-order valence-corrected chi connectivity index (χ0v) is 22.7. The Kier molecular flexibility index (Phi) is 6.66. The average Bonchev–Trinajstić information content (AvgIpc) is 3.15. The monoisotopic (exact) mass is 524 g/mol. The number of aryl methyl sites for hydroxylation is 2. The van der Waals surface area contributed by atoms with Crippen molar-refractivity contribution in [1.82, 2.24) is 19.6 Å². The van der Waals surface area contributed by atoms with Gasteiger partial charge in [-0.15, -0.1) is 0 Å². The third-order valence-corrected chi connectivity index (χ3v) is 9.41. The number of hydrogen-bond donors (Lipinski definition) is 0. The van der Waals surface area contributed by atoms with Gasteiger partial charge in [0.1, 0.15) is 5.02 Å². The van der Waals surface area contributed by atoms with Gasteiger partial charge in [0, 0.05) is 38.9 Å². The summed E-state index contributed by atoms with van der Waals surface area (Å²) in [6.07, 6.45) is 9.76. The highest BCUT2D eigenvalue weighted by molar-refractivity contribution is 6.31. The number of rotatable bonds is 7. The van der Waals surface area contributed by atoms with Crippen LogP contribution < -0.4 is 5.56 Å². The summed E-state index contributed by atoms with van der Waals surface area (Å²) in [5.74, 6) is 0.894. The molecule has 8 heteroatoms. The fourth-order valence-electron chi connectivity index (χ4n) is 7.18. The van der Waals surface area contributed by atoms with E-state index in [0.717, 1.165) is 74.2 Å². The van der Waals surface area contributed by atoms with Crippen molar-refractivity contribution >= 4 is 17.5 Å². The normalized spacial score (nSPS) is 23.3. The molecule has 4 heterocycles. The van der Waals surface area contributed by atoms with E-state index in [1.165, 1.54) is 41.7 Å². The summed E-state index contributed by atoms with van der Waals surface area (Å²) in [5, 5.41) is 4.67. The minimum atomic E-state index is -0.285. The van der Waals surface area contributed by atoms with Gasteiger partial charge >= 0.3 is 0 Å². The fraction of sp³-hybridized carbons (Fsp3) is 0.621. The van der Waals surface area contributed by atoms with Crippen LogP contribution in [0, 0.1) is 18.3 Å². The Labute approximate surface area is 223 Å². The maximum atomic E-state index is 12.7. The number of carbonyl (C=O) groups excluding carboxylic acids is 1. The number of fused-ring (bicyclic) bond motifs is 1. The van der Waals surface area contributed by atoms with Crippen LogP contribution in [-0.4, -0.2) is 58.8 Å². The van der Waals surface area contributed by atoms with E-state index in [1.807, 2.05) is 18.9 Å². The van der Waals surface area contributed by atoms with Gasteiger partial charge in [0.2, 0.25) is 0 Å². The second kappa shape index (κ2) is 9.83. The third kappa shape index (κ3) is 4.64. The minimum Gasteiger partial charge on any atom is -0.356 e. The Hall–Kier alpha value is -2.22. The zero-order valence-electron chi connectivity index (χ0n) is 22.0. The Balaban J connectivity index is 0.964. The standard InChI is InChI=1S/C29H37ClN4O3/c1-19-8-9-21(23-16-32(2)27(35)25(19)23)12-20-13-29(14-20)17-33(18-29)10-5-6-22-15-31-34(28(36)26(22)30)24-7-3-4-11-37-24/h8-9,15,20,24H,3-7,10-14,16-18H2,1-2H3. The van der Waals surface area contributed by atoms with Crippen LogP contribution in [0.25, 0.3) is 0 Å². The first-order chi connectivity index (χ1) is 17.8. The number of amides is 1. The van der Waals surface area contributed by atoms with E-state index >= 15 is 0 Å². The summed E-state index contributed by atoms with van der Waals surface area (Å²) in [6.45, 7) is 6.83. The molecule has 0 bridgehead atoms. The van der Waals surface area contributed by atoms with Gasteiger partial charge in [-0.25, -0.2) is 0 Å². The van der Waals surface area contributed by atoms with Gasteiger partial charge in [-0.3, -0.25) is 9.59 Å². The largest absolute Gasteiger partial charge is 0.356 e. The van der Waals surface area contributed by atoms with E-state index < -0.39 is 0 Å². The smallest absolute Gasteiger partial charge is 0.288 e. The first-order valence-corrected chi connectivity index (χ1v) is 14.2. The molecule has 2 saturated heterocycles. The van der Waals surface area contributed by atoms with Gasteiger partial charge < -0.3 is 14.5 Å².